The molecule has 0 fully saturated rings. The molecule has 0 unspecified atom stereocenters. The summed E-state index contributed by atoms with van der Waals surface area (Å²) in [4.78, 5) is 9.90. The van der Waals surface area contributed by atoms with Gasteiger partial charge >= 0.3 is 6.01 Å². The van der Waals surface area contributed by atoms with Gasteiger partial charge in [-0.25, -0.2) is 4.39 Å². The predicted octanol–water partition coefficient (Wildman–Crippen LogP) is 3.42. The van der Waals surface area contributed by atoms with Crippen molar-refractivity contribution < 1.29 is 13.6 Å². The number of anilines is 1. The van der Waals surface area contributed by atoms with E-state index < -0.39 is 0 Å². The molecule has 20 heavy (non-hydrogen) atoms. The van der Waals surface area contributed by atoms with Crippen molar-refractivity contribution in [3.63, 3.8) is 0 Å². The second-order valence-corrected chi connectivity index (χ2v) is 4.69. The van der Waals surface area contributed by atoms with E-state index in [9.17, 15) is 4.39 Å². The van der Waals surface area contributed by atoms with Gasteiger partial charge in [-0.3, -0.25) is 4.84 Å². The van der Waals surface area contributed by atoms with E-state index in [0.29, 0.717) is 30.3 Å². The number of aromatic nitrogens is 1. The minimum absolute atomic E-state index is 0.331. The zero-order valence-corrected chi connectivity index (χ0v) is 10.5. The Balaban J connectivity index is 1.70. The average molecular weight is 270 g/mol. The van der Waals surface area contributed by atoms with E-state index in [1.807, 2.05) is 24.3 Å². The maximum Gasteiger partial charge on any atom is 0.323 e. The highest BCUT2D eigenvalue weighted by atomic mass is 19.1. The van der Waals surface area contributed by atoms with E-state index in [2.05, 4.69) is 4.98 Å². The first-order valence-corrected chi connectivity index (χ1v) is 6.33. The third kappa shape index (κ3) is 1.83. The number of nitrogens with zero attached hydrogens (tertiary/aromatic N) is 2. The lowest BCUT2D eigenvalue weighted by molar-refractivity contribution is 0.0675. The number of rotatable bonds is 1. The number of halogens is 1. The van der Waals surface area contributed by atoms with Crippen LogP contribution in [0.4, 0.5) is 10.4 Å². The molecule has 100 valence electrons. The Bertz CT molecular complexity index is 784. The highest BCUT2D eigenvalue weighted by molar-refractivity contribution is 5.74. The number of hydrogen-bond donors (Lipinski definition) is 0. The molecule has 0 spiro atoms. The highest BCUT2D eigenvalue weighted by Crippen LogP contribution is 2.28. The second-order valence-electron chi connectivity index (χ2n) is 4.69. The van der Waals surface area contributed by atoms with Crippen LogP contribution in [-0.4, -0.2) is 4.98 Å². The zero-order chi connectivity index (χ0) is 13.5. The standard InChI is InChI=1S/C15H11FN2O2/c16-12-5-6-14-13(7-12)17-15(20-14)18-8-10-3-1-2-4-11(10)9-19-18/h1-7H,8-9H2. The maximum absolute atomic E-state index is 13.2. The van der Waals surface area contributed by atoms with Crippen LogP contribution in [0.25, 0.3) is 11.1 Å². The third-order valence-electron chi connectivity index (χ3n) is 3.36. The minimum Gasteiger partial charge on any atom is -0.422 e. The highest BCUT2D eigenvalue weighted by Gasteiger charge is 2.21. The van der Waals surface area contributed by atoms with Gasteiger partial charge in [0.15, 0.2) is 5.58 Å². The van der Waals surface area contributed by atoms with E-state index in [4.69, 9.17) is 9.25 Å². The number of oxazole rings is 1. The Labute approximate surface area is 114 Å². The molecule has 4 nitrogen and oxygen atoms in total. The van der Waals surface area contributed by atoms with Crippen molar-refractivity contribution in [1.29, 1.82) is 0 Å². The van der Waals surface area contributed by atoms with Crippen LogP contribution in [0.5, 0.6) is 0 Å². The monoisotopic (exact) mass is 270 g/mol. The summed E-state index contributed by atoms with van der Waals surface area (Å²) in [6, 6.07) is 12.7. The first-order valence-electron chi connectivity index (χ1n) is 6.33. The zero-order valence-electron chi connectivity index (χ0n) is 10.5. The molecule has 4 rings (SSSR count). The summed E-state index contributed by atoms with van der Waals surface area (Å²) in [6.45, 7) is 1.04. The molecule has 1 aliphatic rings. The molecule has 0 aliphatic carbocycles. The molecule has 0 atom stereocenters. The maximum atomic E-state index is 13.2. The van der Waals surface area contributed by atoms with Crippen molar-refractivity contribution in [2.75, 3.05) is 5.06 Å². The Morgan fingerprint density at radius 1 is 1.10 bits per heavy atom. The molecule has 3 aromatic rings. The van der Waals surface area contributed by atoms with Crippen molar-refractivity contribution in [2.45, 2.75) is 13.2 Å². The van der Waals surface area contributed by atoms with Crippen LogP contribution in [0.1, 0.15) is 11.1 Å². The van der Waals surface area contributed by atoms with Crippen LogP contribution in [0.2, 0.25) is 0 Å². The van der Waals surface area contributed by atoms with Gasteiger partial charge in [0.2, 0.25) is 0 Å². The van der Waals surface area contributed by atoms with Crippen LogP contribution in [-0.2, 0) is 18.0 Å². The third-order valence-corrected chi connectivity index (χ3v) is 3.36. The summed E-state index contributed by atoms with van der Waals surface area (Å²) in [5.74, 6) is -0.331. The first kappa shape index (κ1) is 11.4. The molecular weight excluding hydrogens is 259 g/mol. The van der Waals surface area contributed by atoms with E-state index in [1.165, 1.54) is 17.7 Å². The molecular formula is C15H11FN2O2. The number of benzene rings is 2. The molecule has 1 aromatic heterocycles. The summed E-state index contributed by atoms with van der Waals surface area (Å²) in [6.07, 6.45) is 0. The van der Waals surface area contributed by atoms with Crippen molar-refractivity contribution in [2.24, 2.45) is 0 Å². The minimum atomic E-state index is -0.331. The molecule has 0 N–H and O–H groups in total. The Morgan fingerprint density at radius 2 is 1.95 bits per heavy atom. The summed E-state index contributed by atoms with van der Waals surface area (Å²) in [5.41, 5.74) is 3.37. The van der Waals surface area contributed by atoms with Gasteiger partial charge in [-0.05, 0) is 23.3 Å². The quantitative estimate of drug-likeness (QED) is 0.679. The molecule has 5 heteroatoms. The molecule has 0 saturated heterocycles. The largest absolute Gasteiger partial charge is 0.422 e. The van der Waals surface area contributed by atoms with E-state index >= 15 is 0 Å². The van der Waals surface area contributed by atoms with E-state index in [-0.39, 0.29) is 5.82 Å². The Hall–Kier alpha value is -2.40. The summed E-state index contributed by atoms with van der Waals surface area (Å²) in [7, 11) is 0. The fourth-order valence-electron chi connectivity index (χ4n) is 2.32. The first-order chi connectivity index (χ1) is 9.79. The summed E-state index contributed by atoms with van der Waals surface area (Å²) < 4.78 is 18.8. The molecule has 1 aliphatic heterocycles. The number of hydrogen-bond acceptors (Lipinski definition) is 4. The lowest BCUT2D eigenvalue weighted by Gasteiger charge is -2.26. The van der Waals surface area contributed by atoms with Gasteiger partial charge in [-0.1, -0.05) is 24.3 Å². The lowest BCUT2D eigenvalue weighted by atomic mass is 10.1. The van der Waals surface area contributed by atoms with Crippen LogP contribution in [0.3, 0.4) is 0 Å². The van der Waals surface area contributed by atoms with Crippen LogP contribution in [0.15, 0.2) is 46.9 Å². The van der Waals surface area contributed by atoms with Crippen LogP contribution < -0.4 is 5.06 Å². The lowest BCUT2D eigenvalue weighted by Crippen LogP contribution is -2.28. The van der Waals surface area contributed by atoms with Gasteiger partial charge in [0, 0.05) is 6.07 Å². The van der Waals surface area contributed by atoms with Gasteiger partial charge in [0.25, 0.3) is 0 Å². The van der Waals surface area contributed by atoms with Gasteiger partial charge in [-0.2, -0.15) is 10.0 Å². The normalized spacial score (nSPS) is 14.6. The Morgan fingerprint density at radius 3 is 2.85 bits per heavy atom. The van der Waals surface area contributed by atoms with Gasteiger partial charge in [0.1, 0.15) is 17.9 Å². The van der Waals surface area contributed by atoms with Gasteiger partial charge in [-0.15, -0.1) is 0 Å². The molecule has 0 saturated carbocycles. The van der Waals surface area contributed by atoms with Gasteiger partial charge in [0.05, 0.1) is 6.54 Å². The topological polar surface area (TPSA) is 38.5 Å². The molecule has 0 amide bonds. The molecule has 2 aromatic carbocycles. The SMILES string of the molecule is Fc1ccc2oc(N3Cc4ccccc4CO3)nc2c1. The predicted molar refractivity (Wildman–Crippen MR) is 71.4 cm³/mol. The smallest absolute Gasteiger partial charge is 0.323 e. The number of fused-ring (bicyclic) bond motifs is 2. The summed E-state index contributed by atoms with van der Waals surface area (Å²) in [5, 5.41) is 1.60. The van der Waals surface area contributed by atoms with E-state index in [0.717, 1.165) is 5.56 Å². The molecule has 2 heterocycles. The van der Waals surface area contributed by atoms with E-state index in [1.54, 1.807) is 11.1 Å². The second kappa shape index (κ2) is 4.31. The molecule has 0 radical (unpaired) electrons. The van der Waals surface area contributed by atoms with Crippen LogP contribution >= 0.6 is 0 Å². The van der Waals surface area contributed by atoms with Gasteiger partial charge < -0.3 is 4.42 Å². The Kier molecular flexibility index (Phi) is 2.47. The summed E-state index contributed by atoms with van der Waals surface area (Å²) >= 11 is 0. The van der Waals surface area contributed by atoms with Crippen molar-refractivity contribution in [3.05, 3.63) is 59.4 Å². The van der Waals surface area contributed by atoms with Crippen molar-refractivity contribution in [1.82, 2.24) is 4.98 Å². The fourth-order valence-corrected chi connectivity index (χ4v) is 2.32. The molecule has 0 bridgehead atoms. The average Bonchev–Trinajstić information content (AvgIpc) is 2.89. The fraction of sp³-hybridized carbons (Fsp3) is 0.133. The van der Waals surface area contributed by atoms with Crippen molar-refractivity contribution >= 4 is 17.1 Å². The van der Waals surface area contributed by atoms with Crippen molar-refractivity contribution in [3.8, 4) is 0 Å². The van der Waals surface area contributed by atoms with Crippen LogP contribution in [0, 0.1) is 5.82 Å². The number of hydroxylamine groups is 1.